The van der Waals surface area contributed by atoms with Crippen molar-refractivity contribution in [1.29, 1.82) is 0 Å². The third-order valence-corrected chi connectivity index (χ3v) is 5.02. The fourth-order valence-corrected chi connectivity index (χ4v) is 3.83. The molecule has 0 amide bonds. The van der Waals surface area contributed by atoms with Crippen LogP contribution in [-0.2, 0) is 13.2 Å². The van der Waals surface area contributed by atoms with Crippen molar-refractivity contribution in [3.63, 3.8) is 0 Å². The Morgan fingerprint density at radius 1 is 1.28 bits per heavy atom. The van der Waals surface area contributed by atoms with Gasteiger partial charge in [-0.25, -0.2) is 4.39 Å². The molecule has 5 nitrogen and oxygen atoms in total. The number of halogens is 1. The summed E-state index contributed by atoms with van der Waals surface area (Å²) in [7, 11) is 0. The summed E-state index contributed by atoms with van der Waals surface area (Å²) in [5.74, 6) is 1.37. The Bertz CT molecular complexity index is 804. The third-order valence-electron chi connectivity index (χ3n) is 4.32. The SMILES string of the molecule is Fc1ccc(OCc2noc(CN3CCCC3c3ccsc3)n2)cc1. The highest BCUT2D eigenvalue weighted by atomic mass is 32.1. The van der Waals surface area contributed by atoms with Gasteiger partial charge in [0.05, 0.1) is 6.54 Å². The molecule has 0 N–H and O–H groups in total. The molecule has 1 atom stereocenters. The van der Waals surface area contributed by atoms with E-state index in [0.29, 0.717) is 30.1 Å². The van der Waals surface area contributed by atoms with Gasteiger partial charge in [0, 0.05) is 6.04 Å². The summed E-state index contributed by atoms with van der Waals surface area (Å²) in [6.07, 6.45) is 2.33. The summed E-state index contributed by atoms with van der Waals surface area (Å²) in [5, 5.41) is 8.29. The Labute approximate surface area is 149 Å². The summed E-state index contributed by atoms with van der Waals surface area (Å²) < 4.78 is 23.8. The third kappa shape index (κ3) is 3.88. The monoisotopic (exact) mass is 359 g/mol. The standard InChI is InChI=1S/C18H18FN3O2S/c19-14-3-5-15(6-4-14)23-11-17-20-18(24-21-17)10-22-8-1-2-16(22)13-7-9-25-12-13/h3-7,9,12,16H,1-2,8,10-11H2. The first kappa shape index (κ1) is 16.2. The lowest BCUT2D eigenvalue weighted by Gasteiger charge is -2.21. The van der Waals surface area contributed by atoms with Crippen molar-refractivity contribution < 1.29 is 13.7 Å². The molecule has 1 aromatic carbocycles. The highest BCUT2D eigenvalue weighted by Crippen LogP contribution is 2.33. The molecule has 0 aliphatic carbocycles. The van der Waals surface area contributed by atoms with E-state index >= 15 is 0 Å². The Hall–Kier alpha value is -2.25. The number of hydrogen-bond donors (Lipinski definition) is 0. The first-order valence-electron chi connectivity index (χ1n) is 8.24. The molecule has 25 heavy (non-hydrogen) atoms. The summed E-state index contributed by atoms with van der Waals surface area (Å²) in [4.78, 5) is 6.78. The summed E-state index contributed by atoms with van der Waals surface area (Å²) in [6, 6.07) is 8.47. The van der Waals surface area contributed by atoms with Gasteiger partial charge in [0.25, 0.3) is 0 Å². The molecule has 130 valence electrons. The lowest BCUT2D eigenvalue weighted by molar-refractivity contribution is 0.212. The maximum absolute atomic E-state index is 12.9. The van der Waals surface area contributed by atoms with E-state index in [2.05, 4.69) is 31.9 Å². The smallest absolute Gasteiger partial charge is 0.240 e. The van der Waals surface area contributed by atoms with Crippen LogP contribution in [-0.4, -0.2) is 21.6 Å². The van der Waals surface area contributed by atoms with Gasteiger partial charge < -0.3 is 9.26 Å². The topological polar surface area (TPSA) is 51.4 Å². The molecule has 1 aliphatic heterocycles. The van der Waals surface area contributed by atoms with Gasteiger partial charge in [-0.15, -0.1) is 0 Å². The molecular weight excluding hydrogens is 341 g/mol. The molecule has 0 spiro atoms. The molecule has 0 saturated carbocycles. The normalized spacial score (nSPS) is 17.9. The maximum atomic E-state index is 12.9. The van der Waals surface area contributed by atoms with Gasteiger partial charge in [-0.1, -0.05) is 5.16 Å². The van der Waals surface area contributed by atoms with Crippen LogP contribution in [0.5, 0.6) is 5.75 Å². The van der Waals surface area contributed by atoms with Gasteiger partial charge in [-0.2, -0.15) is 16.3 Å². The van der Waals surface area contributed by atoms with Gasteiger partial charge in [0.1, 0.15) is 11.6 Å². The maximum Gasteiger partial charge on any atom is 0.240 e. The number of thiophene rings is 1. The molecule has 1 saturated heterocycles. The molecule has 0 radical (unpaired) electrons. The predicted octanol–water partition coefficient (Wildman–Crippen LogP) is 4.19. The summed E-state index contributed by atoms with van der Waals surface area (Å²) in [6.45, 7) is 1.87. The lowest BCUT2D eigenvalue weighted by atomic mass is 10.1. The Morgan fingerprint density at radius 2 is 2.16 bits per heavy atom. The largest absolute Gasteiger partial charge is 0.485 e. The zero-order valence-electron chi connectivity index (χ0n) is 13.6. The van der Waals surface area contributed by atoms with Crippen molar-refractivity contribution in [3.8, 4) is 5.75 Å². The van der Waals surface area contributed by atoms with Crippen molar-refractivity contribution in [2.24, 2.45) is 0 Å². The molecule has 3 heterocycles. The number of aromatic nitrogens is 2. The first-order valence-corrected chi connectivity index (χ1v) is 9.18. The van der Waals surface area contributed by atoms with E-state index in [4.69, 9.17) is 9.26 Å². The van der Waals surface area contributed by atoms with E-state index in [0.717, 1.165) is 13.0 Å². The number of rotatable bonds is 6. The van der Waals surface area contributed by atoms with Crippen molar-refractivity contribution in [3.05, 3.63) is 64.2 Å². The first-order chi connectivity index (χ1) is 12.3. The Morgan fingerprint density at radius 3 is 2.96 bits per heavy atom. The van der Waals surface area contributed by atoms with E-state index in [1.54, 1.807) is 23.5 Å². The highest BCUT2D eigenvalue weighted by molar-refractivity contribution is 7.07. The summed E-state index contributed by atoms with van der Waals surface area (Å²) in [5.41, 5.74) is 1.36. The second-order valence-corrected chi connectivity index (χ2v) is 6.81. The Balaban J connectivity index is 1.35. The van der Waals surface area contributed by atoms with E-state index in [-0.39, 0.29) is 12.4 Å². The van der Waals surface area contributed by atoms with Crippen molar-refractivity contribution >= 4 is 11.3 Å². The highest BCUT2D eigenvalue weighted by Gasteiger charge is 2.27. The minimum Gasteiger partial charge on any atom is -0.485 e. The predicted molar refractivity (Wildman–Crippen MR) is 91.7 cm³/mol. The van der Waals surface area contributed by atoms with Crippen molar-refractivity contribution in [2.45, 2.75) is 32.0 Å². The van der Waals surface area contributed by atoms with Crippen LogP contribution in [0.3, 0.4) is 0 Å². The van der Waals surface area contributed by atoms with Gasteiger partial charge in [-0.3, -0.25) is 4.90 Å². The molecular formula is C18H18FN3O2S. The van der Waals surface area contributed by atoms with Crippen LogP contribution in [0.15, 0.2) is 45.6 Å². The molecule has 7 heteroatoms. The molecule has 1 unspecified atom stereocenters. The van der Waals surface area contributed by atoms with Gasteiger partial charge in [-0.05, 0) is 66.0 Å². The molecule has 2 aromatic heterocycles. The Kier molecular flexibility index (Phi) is 4.76. The van der Waals surface area contributed by atoms with Crippen molar-refractivity contribution in [2.75, 3.05) is 6.54 Å². The van der Waals surface area contributed by atoms with Crippen LogP contribution in [0, 0.1) is 5.82 Å². The van der Waals surface area contributed by atoms with E-state index < -0.39 is 0 Å². The molecule has 1 aliphatic rings. The van der Waals surface area contributed by atoms with Crippen LogP contribution in [0.4, 0.5) is 4.39 Å². The minimum atomic E-state index is -0.292. The van der Waals surface area contributed by atoms with Gasteiger partial charge in [0.15, 0.2) is 6.61 Å². The molecule has 3 aromatic rings. The van der Waals surface area contributed by atoms with Crippen LogP contribution < -0.4 is 4.74 Å². The van der Waals surface area contributed by atoms with E-state index in [9.17, 15) is 4.39 Å². The average Bonchev–Trinajstić information content (AvgIpc) is 3.36. The molecule has 0 bridgehead atoms. The number of nitrogens with zero attached hydrogens (tertiary/aromatic N) is 3. The number of likely N-dealkylation sites (tertiary alicyclic amines) is 1. The quantitative estimate of drug-likeness (QED) is 0.661. The van der Waals surface area contributed by atoms with Crippen LogP contribution in [0.25, 0.3) is 0 Å². The van der Waals surface area contributed by atoms with E-state index in [1.807, 2.05) is 0 Å². The van der Waals surface area contributed by atoms with E-state index in [1.165, 1.54) is 24.1 Å². The number of ether oxygens (including phenoxy) is 1. The van der Waals surface area contributed by atoms with Crippen LogP contribution in [0.1, 0.15) is 36.2 Å². The minimum absolute atomic E-state index is 0.198. The second-order valence-electron chi connectivity index (χ2n) is 6.03. The number of benzene rings is 1. The molecule has 1 fully saturated rings. The average molecular weight is 359 g/mol. The van der Waals surface area contributed by atoms with Gasteiger partial charge in [0.2, 0.25) is 11.7 Å². The zero-order chi connectivity index (χ0) is 17.1. The van der Waals surface area contributed by atoms with Gasteiger partial charge >= 0.3 is 0 Å². The van der Waals surface area contributed by atoms with Crippen molar-refractivity contribution in [1.82, 2.24) is 15.0 Å². The van der Waals surface area contributed by atoms with Crippen LogP contribution in [0.2, 0.25) is 0 Å². The molecule has 4 rings (SSSR count). The fraction of sp³-hybridized carbons (Fsp3) is 0.333. The fourth-order valence-electron chi connectivity index (χ4n) is 3.12. The summed E-state index contributed by atoms with van der Waals surface area (Å²) >= 11 is 1.73. The lowest BCUT2D eigenvalue weighted by Crippen LogP contribution is -2.22. The zero-order valence-corrected chi connectivity index (χ0v) is 14.4. The number of hydrogen-bond acceptors (Lipinski definition) is 6. The second kappa shape index (κ2) is 7.33. The van der Waals surface area contributed by atoms with Crippen LogP contribution >= 0.6 is 11.3 Å².